The number of morpholine rings is 1. The number of benzene rings is 2. The molecule has 3 heterocycles. The second kappa shape index (κ2) is 8.74. The summed E-state index contributed by atoms with van der Waals surface area (Å²) in [6.45, 7) is 5.30. The van der Waals surface area contributed by atoms with Gasteiger partial charge in [0.2, 0.25) is 0 Å². The van der Waals surface area contributed by atoms with E-state index in [0.29, 0.717) is 10.6 Å². The van der Waals surface area contributed by atoms with Crippen molar-refractivity contribution in [1.29, 1.82) is 0 Å². The molecule has 32 heavy (non-hydrogen) atoms. The van der Waals surface area contributed by atoms with E-state index in [1.54, 1.807) is 6.07 Å². The molecule has 0 radical (unpaired) electrons. The predicted molar refractivity (Wildman–Crippen MR) is 128 cm³/mol. The highest BCUT2D eigenvalue weighted by Crippen LogP contribution is 2.39. The third-order valence-corrected chi connectivity index (χ3v) is 6.83. The van der Waals surface area contributed by atoms with Crippen LogP contribution in [0.3, 0.4) is 0 Å². The molecule has 164 valence electrons. The van der Waals surface area contributed by atoms with E-state index in [1.807, 2.05) is 19.3 Å². The van der Waals surface area contributed by atoms with E-state index in [2.05, 4.69) is 45.2 Å². The fourth-order valence-corrected chi connectivity index (χ4v) is 5.02. The van der Waals surface area contributed by atoms with Crippen molar-refractivity contribution in [2.24, 2.45) is 0 Å². The van der Waals surface area contributed by atoms with Crippen molar-refractivity contribution < 1.29 is 9.13 Å². The van der Waals surface area contributed by atoms with E-state index in [-0.39, 0.29) is 10.9 Å². The van der Waals surface area contributed by atoms with Crippen molar-refractivity contribution in [3.63, 3.8) is 0 Å². The number of pyridine rings is 1. The molecule has 0 spiro atoms. The predicted octanol–water partition coefficient (Wildman–Crippen LogP) is 6.66. The molecular weight excluding hydrogens is 448 g/mol. The lowest BCUT2D eigenvalue weighted by molar-refractivity contribution is 0.122. The van der Waals surface area contributed by atoms with E-state index >= 15 is 0 Å². The summed E-state index contributed by atoms with van der Waals surface area (Å²) in [7, 11) is 0. The zero-order valence-corrected chi connectivity index (χ0v) is 19.1. The Bertz CT molecular complexity index is 1270. The zero-order valence-electron chi connectivity index (χ0n) is 17.5. The molecule has 4 nitrogen and oxygen atoms in total. The first-order valence-electron chi connectivity index (χ1n) is 10.6. The molecule has 0 amide bonds. The molecule has 2 aromatic carbocycles. The first-order valence-corrected chi connectivity index (χ1v) is 11.3. The first-order chi connectivity index (χ1) is 15.5. The van der Waals surface area contributed by atoms with Crippen molar-refractivity contribution in [3.05, 3.63) is 81.8 Å². The van der Waals surface area contributed by atoms with Gasteiger partial charge in [0.15, 0.2) is 0 Å². The number of aromatic amines is 1. The molecule has 0 aliphatic carbocycles. The maximum atomic E-state index is 14.1. The Morgan fingerprint density at radius 1 is 1.06 bits per heavy atom. The van der Waals surface area contributed by atoms with Gasteiger partial charge in [-0.15, -0.1) is 0 Å². The van der Waals surface area contributed by atoms with E-state index < -0.39 is 5.82 Å². The van der Waals surface area contributed by atoms with Crippen LogP contribution in [0.5, 0.6) is 0 Å². The van der Waals surface area contributed by atoms with Crippen molar-refractivity contribution in [1.82, 2.24) is 9.97 Å². The van der Waals surface area contributed by atoms with Crippen LogP contribution in [0.4, 0.5) is 10.1 Å². The molecule has 2 aromatic heterocycles. The van der Waals surface area contributed by atoms with Gasteiger partial charge in [-0.1, -0.05) is 42.3 Å². The van der Waals surface area contributed by atoms with Crippen LogP contribution in [0.25, 0.3) is 22.2 Å². The average Bonchev–Trinajstić information content (AvgIpc) is 3.26. The van der Waals surface area contributed by atoms with Crippen LogP contribution in [-0.2, 0) is 4.74 Å². The summed E-state index contributed by atoms with van der Waals surface area (Å²) >= 11 is 12.7. The van der Waals surface area contributed by atoms with E-state index in [9.17, 15) is 4.39 Å². The van der Waals surface area contributed by atoms with Crippen molar-refractivity contribution >= 4 is 39.9 Å². The quantitative estimate of drug-likeness (QED) is 0.339. The topological polar surface area (TPSA) is 41.2 Å². The lowest BCUT2D eigenvalue weighted by Gasteiger charge is -2.28. The molecule has 1 fully saturated rings. The Hall–Kier alpha value is -2.60. The summed E-state index contributed by atoms with van der Waals surface area (Å²) in [6.07, 6.45) is 3.75. The number of halogens is 3. The highest BCUT2D eigenvalue weighted by molar-refractivity contribution is 6.36. The summed E-state index contributed by atoms with van der Waals surface area (Å²) in [5.41, 5.74) is 5.60. The third kappa shape index (κ3) is 3.85. The number of aromatic nitrogens is 2. The molecule has 1 saturated heterocycles. The smallest absolute Gasteiger partial charge is 0.142 e. The van der Waals surface area contributed by atoms with Crippen LogP contribution in [0, 0.1) is 5.82 Å². The van der Waals surface area contributed by atoms with Gasteiger partial charge in [-0.05, 0) is 47.0 Å². The molecule has 0 saturated carbocycles. The number of hydrogen-bond donors (Lipinski definition) is 1. The Morgan fingerprint density at radius 3 is 2.56 bits per heavy atom. The number of ether oxygens (including phenoxy) is 1. The number of nitrogens with one attached hydrogen (secondary N) is 1. The van der Waals surface area contributed by atoms with Gasteiger partial charge in [-0.25, -0.2) is 9.37 Å². The van der Waals surface area contributed by atoms with Gasteiger partial charge in [0.1, 0.15) is 11.5 Å². The number of hydrogen-bond acceptors (Lipinski definition) is 3. The fourth-order valence-electron chi connectivity index (χ4n) is 4.32. The lowest BCUT2D eigenvalue weighted by Crippen LogP contribution is -2.36. The second-order valence-corrected chi connectivity index (χ2v) is 8.77. The maximum absolute atomic E-state index is 14.1. The van der Waals surface area contributed by atoms with Crippen molar-refractivity contribution in [2.75, 3.05) is 31.2 Å². The molecule has 1 N–H and O–H groups in total. The minimum Gasteiger partial charge on any atom is -0.378 e. The molecule has 4 aromatic rings. The van der Waals surface area contributed by atoms with Crippen LogP contribution >= 0.6 is 23.2 Å². The normalized spacial score (nSPS) is 15.3. The molecule has 1 atom stereocenters. The van der Waals surface area contributed by atoms with Gasteiger partial charge < -0.3 is 14.6 Å². The van der Waals surface area contributed by atoms with Crippen LogP contribution in [0.2, 0.25) is 10.0 Å². The molecule has 1 aliphatic rings. The highest BCUT2D eigenvalue weighted by atomic mass is 35.5. The third-order valence-electron chi connectivity index (χ3n) is 6.12. The Balaban J connectivity index is 1.50. The summed E-state index contributed by atoms with van der Waals surface area (Å²) < 4.78 is 19.5. The number of H-pyrrole nitrogens is 1. The van der Waals surface area contributed by atoms with Crippen LogP contribution in [0.15, 0.2) is 54.9 Å². The Morgan fingerprint density at radius 2 is 1.81 bits per heavy atom. The van der Waals surface area contributed by atoms with E-state index in [0.717, 1.165) is 54.0 Å². The summed E-state index contributed by atoms with van der Waals surface area (Å²) in [5.74, 6) is -0.683. The number of rotatable bonds is 4. The van der Waals surface area contributed by atoms with Gasteiger partial charge >= 0.3 is 0 Å². The maximum Gasteiger partial charge on any atom is 0.142 e. The van der Waals surface area contributed by atoms with Crippen molar-refractivity contribution in [3.8, 4) is 11.1 Å². The van der Waals surface area contributed by atoms with Crippen LogP contribution in [-0.4, -0.2) is 36.3 Å². The number of nitrogens with zero attached hydrogens (tertiary/aromatic N) is 2. The monoisotopic (exact) mass is 469 g/mol. The number of fused-ring (bicyclic) bond motifs is 1. The molecule has 1 aliphatic heterocycles. The fraction of sp³-hybridized carbons (Fsp3) is 0.240. The summed E-state index contributed by atoms with van der Waals surface area (Å²) in [6, 6.07) is 13.4. The van der Waals surface area contributed by atoms with Gasteiger partial charge in [0, 0.05) is 53.1 Å². The van der Waals surface area contributed by atoms with Gasteiger partial charge in [0.05, 0.1) is 18.2 Å². The number of anilines is 1. The first kappa shape index (κ1) is 21.3. The minimum absolute atomic E-state index is 0.0576. The Kier molecular flexibility index (Phi) is 5.80. The van der Waals surface area contributed by atoms with Gasteiger partial charge in [0.25, 0.3) is 0 Å². The second-order valence-electron chi connectivity index (χ2n) is 7.99. The molecule has 1 unspecified atom stereocenters. The Labute approximate surface area is 195 Å². The van der Waals surface area contributed by atoms with Crippen LogP contribution in [0.1, 0.15) is 24.0 Å². The molecule has 0 bridgehead atoms. The van der Waals surface area contributed by atoms with Crippen LogP contribution < -0.4 is 4.90 Å². The van der Waals surface area contributed by atoms with Gasteiger partial charge in [-0.3, -0.25) is 0 Å². The average molecular weight is 470 g/mol. The highest BCUT2D eigenvalue weighted by Gasteiger charge is 2.22. The minimum atomic E-state index is -0.475. The van der Waals surface area contributed by atoms with E-state index in [4.69, 9.17) is 27.9 Å². The zero-order chi connectivity index (χ0) is 22.2. The molecular formula is C25H22Cl2FN3O. The van der Waals surface area contributed by atoms with E-state index in [1.165, 1.54) is 11.8 Å². The SMILES string of the molecule is CC(c1c(Cl)ccc(F)c1Cl)c1c[nH]c2ncc(-c3ccc(N4CCOCC4)cc3)cc12. The lowest BCUT2D eigenvalue weighted by atomic mass is 9.92. The molecule has 5 rings (SSSR count). The molecule has 7 heteroatoms. The standard InChI is InChI=1S/C25H22Cl2FN3O/c1-15(23-21(26)6-7-22(28)24(23)27)20-14-30-25-19(20)12-17(13-29-25)16-2-4-18(5-3-16)31-8-10-32-11-9-31/h2-7,12-15H,8-11H2,1H3,(H,29,30). The largest absolute Gasteiger partial charge is 0.378 e. The summed E-state index contributed by atoms with van der Waals surface area (Å²) in [4.78, 5) is 10.1. The summed E-state index contributed by atoms with van der Waals surface area (Å²) in [5, 5.41) is 1.46. The van der Waals surface area contributed by atoms with Crippen molar-refractivity contribution in [2.45, 2.75) is 12.8 Å². The van der Waals surface area contributed by atoms with Gasteiger partial charge in [-0.2, -0.15) is 0 Å².